The molecule has 0 bridgehead atoms. The van der Waals surface area contributed by atoms with E-state index in [9.17, 15) is 4.79 Å². The Morgan fingerprint density at radius 2 is 2.35 bits per heavy atom. The normalized spacial score (nSPS) is 14.6. The highest BCUT2D eigenvalue weighted by atomic mass is 16.5. The van der Waals surface area contributed by atoms with E-state index in [2.05, 4.69) is 5.10 Å². The predicted molar refractivity (Wildman–Crippen MR) is 76.6 cm³/mol. The monoisotopic (exact) mass is 280 g/mol. The van der Waals surface area contributed by atoms with E-state index in [4.69, 9.17) is 10.5 Å². The number of amides is 1. The molecule has 2 rings (SSSR count). The van der Waals surface area contributed by atoms with Gasteiger partial charge in [0.1, 0.15) is 0 Å². The number of nitrogens with two attached hydrogens (primary N) is 1. The van der Waals surface area contributed by atoms with Crippen LogP contribution in [0.5, 0.6) is 0 Å². The first-order valence-electron chi connectivity index (χ1n) is 7.21. The SMILES string of the molecule is COCCN(C(=O)c1cnn(CCCN)c1C)C1CC1. The molecule has 0 spiro atoms. The van der Waals surface area contributed by atoms with Gasteiger partial charge in [0.05, 0.1) is 18.4 Å². The smallest absolute Gasteiger partial charge is 0.257 e. The topological polar surface area (TPSA) is 73.4 Å². The van der Waals surface area contributed by atoms with Crippen molar-refractivity contribution in [1.82, 2.24) is 14.7 Å². The number of hydrogen-bond donors (Lipinski definition) is 1. The van der Waals surface area contributed by atoms with E-state index in [0.717, 1.165) is 31.5 Å². The second-order valence-corrected chi connectivity index (χ2v) is 5.23. The zero-order chi connectivity index (χ0) is 14.5. The summed E-state index contributed by atoms with van der Waals surface area (Å²) in [4.78, 5) is 14.5. The molecule has 0 aromatic carbocycles. The van der Waals surface area contributed by atoms with E-state index in [-0.39, 0.29) is 5.91 Å². The molecule has 0 atom stereocenters. The van der Waals surface area contributed by atoms with Crippen LogP contribution in [-0.2, 0) is 11.3 Å². The Morgan fingerprint density at radius 1 is 1.60 bits per heavy atom. The first-order valence-corrected chi connectivity index (χ1v) is 7.21. The quantitative estimate of drug-likeness (QED) is 0.764. The van der Waals surface area contributed by atoms with Gasteiger partial charge in [-0.25, -0.2) is 0 Å². The van der Waals surface area contributed by atoms with Crippen LogP contribution in [0.15, 0.2) is 6.20 Å². The van der Waals surface area contributed by atoms with E-state index < -0.39 is 0 Å². The maximum atomic E-state index is 12.6. The number of aromatic nitrogens is 2. The van der Waals surface area contributed by atoms with Gasteiger partial charge < -0.3 is 15.4 Å². The van der Waals surface area contributed by atoms with Gasteiger partial charge in [-0.1, -0.05) is 0 Å². The third-order valence-electron chi connectivity index (χ3n) is 3.69. The zero-order valence-corrected chi connectivity index (χ0v) is 12.3. The number of hydrogen-bond acceptors (Lipinski definition) is 4. The van der Waals surface area contributed by atoms with Crippen LogP contribution in [0.25, 0.3) is 0 Å². The summed E-state index contributed by atoms with van der Waals surface area (Å²) in [5.74, 6) is 0.0704. The number of carbonyl (C=O) groups excluding carboxylic acids is 1. The third kappa shape index (κ3) is 3.37. The molecule has 1 aromatic heterocycles. The van der Waals surface area contributed by atoms with Crippen molar-refractivity contribution in [3.8, 4) is 0 Å². The largest absolute Gasteiger partial charge is 0.383 e. The molecule has 1 heterocycles. The Hall–Kier alpha value is -1.40. The average Bonchev–Trinajstić information content (AvgIpc) is 3.21. The van der Waals surface area contributed by atoms with Gasteiger partial charge in [-0.3, -0.25) is 9.48 Å². The van der Waals surface area contributed by atoms with Crippen molar-refractivity contribution >= 4 is 5.91 Å². The minimum Gasteiger partial charge on any atom is -0.383 e. The minimum absolute atomic E-state index is 0.0704. The maximum absolute atomic E-state index is 12.6. The van der Waals surface area contributed by atoms with Crippen LogP contribution in [0.1, 0.15) is 35.3 Å². The number of nitrogens with zero attached hydrogens (tertiary/aromatic N) is 3. The van der Waals surface area contributed by atoms with Gasteiger partial charge >= 0.3 is 0 Å². The number of ether oxygens (including phenoxy) is 1. The van der Waals surface area contributed by atoms with Crippen molar-refractivity contribution in [2.75, 3.05) is 26.8 Å². The minimum atomic E-state index is 0.0704. The second kappa shape index (κ2) is 6.85. The number of carbonyl (C=O) groups is 1. The van der Waals surface area contributed by atoms with Crippen molar-refractivity contribution in [2.45, 2.75) is 38.8 Å². The molecule has 2 N–H and O–H groups in total. The highest BCUT2D eigenvalue weighted by Crippen LogP contribution is 2.28. The van der Waals surface area contributed by atoms with Crippen molar-refractivity contribution < 1.29 is 9.53 Å². The highest BCUT2D eigenvalue weighted by Gasteiger charge is 2.33. The van der Waals surface area contributed by atoms with Crippen LogP contribution < -0.4 is 5.73 Å². The van der Waals surface area contributed by atoms with E-state index in [0.29, 0.717) is 31.3 Å². The molecule has 1 saturated carbocycles. The molecule has 1 aliphatic carbocycles. The Balaban J connectivity index is 2.08. The van der Waals surface area contributed by atoms with Gasteiger partial charge in [-0.05, 0) is 32.7 Å². The van der Waals surface area contributed by atoms with Crippen molar-refractivity contribution in [1.29, 1.82) is 0 Å². The summed E-state index contributed by atoms with van der Waals surface area (Å²) >= 11 is 0. The fourth-order valence-electron chi connectivity index (χ4n) is 2.30. The zero-order valence-electron chi connectivity index (χ0n) is 12.3. The fourth-order valence-corrected chi connectivity index (χ4v) is 2.30. The van der Waals surface area contributed by atoms with E-state index in [1.807, 2.05) is 16.5 Å². The van der Waals surface area contributed by atoms with E-state index in [1.54, 1.807) is 13.3 Å². The van der Waals surface area contributed by atoms with Crippen molar-refractivity contribution in [3.63, 3.8) is 0 Å². The van der Waals surface area contributed by atoms with Crippen molar-refractivity contribution in [3.05, 3.63) is 17.5 Å². The Bertz CT molecular complexity index is 454. The molecule has 1 aliphatic rings. The first kappa shape index (κ1) is 15.0. The molecule has 0 unspecified atom stereocenters. The molecule has 6 heteroatoms. The number of rotatable bonds is 8. The highest BCUT2D eigenvalue weighted by molar-refractivity contribution is 5.95. The molecule has 1 aromatic rings. The van der Waals surface area contributed by atoms with Gasteiger partial charge in [-0.2, -0.15) is 5.10 Å². The number of aryl methyl sites for hydroxylation is 1. The molecule has 6 nitrogen and oxygen atoms in total. The average molecular weight is 280 g/mol. The van der Waals surface area contributed by atoms with Gasteiger partial charge in [0.15, 0.2) is 0 Å². The van der Waals surface area contributed by atoms with Gasteiger partial charge in [-0.15, -0.1) is 0 Å². The standard InChI is InChI=1S/C14H24N4O2/c1-11-13(10-16-18(11)7-3-6-15)14(19)17(8-9-20-2)12-4-5-12/h10,12H,3-9,15H2,1-2H3. The summed E-state index contributed by atoms with van der Waals surface area (Å²) in [6, 6.07) is 0.379. The first-order chi connectivity index (χ1) is 9.69. The van der Waals surface area contributed by atoms with Crippen LogP contribution in [0.2, 0.25) is 0 Å². The Morgan fingerprint density at radius 3 is 2.95 bits per heavy atom. The van der Waals surface area contributed by atoms with Crippen LogP contribution in [0, 0.1) is 6.92 Å². The molecule has 0 saturated heterocycles. The predicted octanol–water partition coefficient (Wildman–Crippen LogP) is 0.791. The lowest BCUT2D eigenvalue weighted by molar-refractivity contribution is 0.0679. The Labute approximate surface area is 119 Å². The van der Waals surface area contributed by atoms with Crippen LogP contribution in [-0.4, -0.2) is 53.4 Å². The molecule has 112 valence electrons. The molecule has 1 amide bonds. The van der Waals surface area contributed by atoms with Gasteiger partial charge in [0.25, 0.3) is 5.91 Å². The second-order valence-electron chi connectivity index (χ2n) is 5.23. The van der Waals surface area contributed by atoms with Gasteiger partial charge in [0.2, 0.25) is 0 Å². The summed E-state index contributed by atoms with van der Waals surface area (Å²) < 4.78 is 6.96. The van der Waals surface area contributed by atoms with Crippen LogP contribution in [0.3, 0.4) is 0 Å². The number of methoxy groups -OCH3 is 1. The van der Waals surface area contributed by atoms with Gasteiger partial charge in [0, 0.05) is 31.9 Å². The molecular formula is C14H24N4O2. The van der Waals surface area contributed by atoms with Crippen LogP contribution >= 0.6 is 0 Å². The fraction of sp³-hybridized carbons (Fsp3) is 0.714. The summed E-state index contributed by atoms with van der Waals surface area (Å²) in [5, 5.41) is 4.30. The molecule has 20 heavy (non-hydrogen) atoms. The summed E-state index contributed by atoms with van der Waals surface area (Å²) in [5.41, 5.74) is 7.14. The lowest BCUT2D eigenvalue weighted by Gasteiger charge is -2.21. The van der Waals surface area contributed by atoms with Crippen molar-refractivity contribution in [2.24, 2.45) is 5.73 Å². The maximum Gasteiger partial charge on any atom is 0.257 e. The summed E-state index contributed by atoms with van der Waals surface area (Å²) in [7, 11) is 1.66. The summed E-state index contributed by atoms with van der Waals surface area (Å²) in [6.45, 7) is 4.55. The van der Waals surface area contributed by atoms with Crippen LogP contribution in [0.4, 0.5) is 0 Å². The van der Waals surface area contributed by atoms with E-state index in [1.165, 1.54) is 0 Å². The lowest BCUT2D eigenvalue weighted by atomic mass is 10.2. The Kier molecular flexibility index (Phi) is 5.14. The van der Waals surface area contributed by atoms with E-state index >= 15 is 0 Å². The molecule has 1 fully saturated rings. The lowest BCUT2D eigenvalue weighted by Crippen LogP contribution is -2.36. The molecule has 0 radical (unpaired) electrons. The third-order valence-corrected chi connectivity index (χ3v) is 3.69. The molecular weight excluding hydrogens is 256 g/mol. The molecule has 0 aliphatic heterocycles. The summed E-state index contributed by atoms with van der Waals surface area (Å²) in [6.07, 6.45) is 4.73.